The summed E-state index contributed by atoms with van der Waals surface area (Å²) < 4.78 is 6.20. The highest BCUT2D eigenvalue weighted by Crippen LogP contribution is 2.34. The van der Waals surface area contributed by atoms with E-state index in [4.69, 9.17) is 4.74 Å². The third kappa shape index (κ3) is 5.67. The average Bonchev–Trinajstić information content (AvgIpc) is 3.19. The van der Waals surface area contributed by atoms with Crippen molar-refractivity contribution < 1.29 is 14.3 Å². The first kappa shape index (κ1) is 23.3. The molecule has 168 valence electrons. The molecule has 0 unspecified atom stereocenters. The Morgan fingerprint density at radius 3 is 2.71 bits per heavy atom. The summed E-state index contributed by atoms with van der Waals surface area (Å²) in [5, 5.41) is 2.09. The Kier molecular flexibility index (Phi) is 7.76. The number of fused-ring (bicyclic) bond motifs is 1. The molecule has 2 aromatic rings. The van der Waals surface area contributed by atoms with Gasteiger partial charge >= 0.3 is 0 Å². The van der Waals surface area contributed by atoms with E-state index in [-0.39, 0.29) is 30.3 Å². The normalized spacial score (nSPS) is 15.7. The van der Waals surface area contributed by atoms with Crippen LogP contribution in [0.2, 0.25) is 0 Å². The van der Waals surface area contributed by atoms with Crippen LogP contribution >= 0.6 is 11.3 Å². The lowest BCUT2D eigenvalue weighted by molar-refractivity contribution is -0.143. The van der Waals surface area contributed by atoms with E-state index in [0.717, 1.165) is 17.7 Å². The fourth-order valence-corrected chi connectivity index (χ4v) is 5.04. The number of ether oxygens (including phenoxy) is 1. The standard InChI is InChI=1S/C25H34N2O3S/c1-6-26(24(28)13-17(2)3)15-25(29)27-11-9-23-20(10-12-31-23)21(27)16-30-22-8-7-18(4)14-19(22)5/h7-8,10,12,14,17,21H,6,9,11,13,15-16H2,1-5H3/t21-/m1/s1. The van der Waals surface area contributed by atoms with Gasteiger partial charge in [0.2, 0.25) is 11.8 Å². The SMILES string of the molecule is CCN(CC(=O)N1CCc2sccc2[C@H]1COc1ccc(C)cc1C)C(=O)CC(C)C. The molecule has 2 heterocycles. The lowest BCUT2D eigenvalue weighted by atomic mass is 10.00. The molecule has 1 aliphatic rings. The minimum atomic E-state index is -0.137. The number of benzene rings is 1. The topological polar surface area (TPSA) is 49.9 Å². The molecule has 1 aromatic heterocycles. The molecule has 31 heavy (non-hydrogen) atoms. The van der Waals surface area contributed by atoms with Crippen molar-refractivity contribution in [2.45, 2.75) is 53.5 Å². The largest absolute Gasteiger partial charge is 0.491 e. The Morgan fingerprint density at radius 1 is 1.26 bits per heavy atom. The van der Waals surface area contributed by atoms with E-state index in [9.17, 15) is 9.59 Å². The van der Waals surface area contributed by atoms with Gasteiger partial charge in [-0.25, -0.2) is 0 Å². The highest BCUT2D eigenvalue weighted by atomic mass is 32.1. The van der Waals surface area contributed by atoms with Crippen LogP contribution in [0.4, 0.5) is 0 Å². The van der Waals surface area contributed by atoms with Crippen LogP contribution in [0.25, 0.3) is 0 Å². The van der Waals surface area contributed by atoms with Gasteiger partial charge in [0.05, 0.1) is 12.6 Å². The zero-order chi connectivity index (χ0) is 22.5. The molecule has 5 nitrogen and oxygen atoms in total. The molecule has 2 amide bonds. The van der Waals surface area contributed by atoms with Crippen molar-refractivity contribution in [2.75, 3.05) is 26.2 Å². The van der Waals surface area contributed by atoms with E-state index >= 15 is 0 Å². The Balaban J connectivity index is 1.76. The van der Waals surface area contributed by atoms with Gasteiger partial charge in [0.15, 0.2) is 0 Å². The molecule has 0 radical (unpaired) electrons. The summed E-state index contributed by atoms with van der Waals surface area (Å²) in [5.41, 5.74) is 3.46. The van der Waals surface area contributed by atoms with Crippen molar-refractivity contribution in [1.82, 2.24) is 9.80 Å². The molecule has 1 atom stereocenters. The maximum absolute atomic E-state index is 13.3. The van der Waals surface area contributed by atoms with Crippen molar-refractivity contribution in [1.29, 1.82) is 0 Å². The third-order valence-electron chi connectivity index (χ3n) is 5.79. The molecular formula is C25H34N2O3S. The Bertz CT molecular complexity index is 921. The number of carbonyl (C=O) groups excluding carboxylic acids is 2. The molecule has 0 spiro atoms. The summed E-state index contributed by atoms with van der Waals surface area (Å²) in [5.74, 6) is 1.16. The maximum atomic E-state index is 13.3. The number of nitrogens with zero attached hydrogens (tertiary/aromatic N) is 2. The summed E-state index contributed by atoms with van der Waals surface area (Å²) in [7, 11) is 0. The summed E-state index contributed by atoms with van der Waals surface area (Å²) in [4.78, 5) is 30.8. The van der Waals surface area contributed by atoms with Gasteiger partial charge in [0, 0.05) is 24.4 Å². The second-order valence-corrected chi connectivity index (χ2v) is 9.74. The zero-order valence-electron chi connectivity index (χ0n) is 19.3. The number of likely N-dealkylation sites (N-methyl/N-ethyl adjacent to an activating group) is 1. The predicted octanol–water partition coefficient (Wildman–Crippen LogP) is 4.76. The molecule has 0 N–H and O–H groups in total. The minimum Gasteiger partial charge on any atom is -0.491 e. The van der Waals surface area contributed by atoms with Crippen molar-refractivity contribution in [3.8, 4) is 5.75 Å². The van der Waals surface area contributed by atoms with Crippen LogP contribution in [0.15, 0.2) is 29.6 Å². The molecule has 1 aromatic carbocycles. The number of hydrogen-bond acceptors (Lipinski definition) is 4. The number of carbonyl (C=O) groups is 2. The summed E-state index contributed by atoms with van der Waals surface area (Å²) in [6.45, 7) is 11.8. The van der Waals surface area contributed by atoms with Crippen molar-refractivity contribution in [3.05, 3.63) is 51.2 Å². The molecule has 6 heteroatoms. The van der Waals surface area contributed by atoms with Crippen LogP contribution in [0.3, 0.4) is 0 Å². The first-order valence-electron chi connectivity index (χ1n) is 11.1. The quantitative estimate of drug-likeness (QED) is 0.592. The van der Waals surface area contributed by atoms with E-state index in [1.54, 1.807) is 16.2 Å². The zero-order valence-corrected chi connectivity index (χ0v) is 20.1. The monoisotopic (exact) mass is 442 g/mol. The first-order valence-corrected chi connectivity index (χ1v) is 12.0. The van der Waals surface area contributed by atoms with Crippen LogP contribution < -0.4 is 4.74 Å². The molecule has 0 saturated carbocycles. The summed E-state index contributed by atoms with van der Waals surface area (Å²) in [6, 6.07) is 8.12. The Labute approximate surface area is 190 Å². The lowest BCUT2D eigenvalue weighted by Gasteiger charge is -2.37. The fourth-order valence-electron chi connectivity index (χ4n) is 4.11. The van der Waals surface area contributed by atoms with Crippen LogP contribution in [-0.4, -0.2) is 47.9 Å². The van der Waals surface area contributed by atoms with E-state index < -0.39 is 0 Å². The van der Waals surface area contributed by atoms with Gasteiger partial charge in [0.1, 0.15) is 12.4 Å². The predicted molar refractivity (Wildman–Crippen MR) is 126 cm³/mol. The smallest absolute Gasteiger partial charge is 0.242 e. The van der Waals surface area contributed by atoms with E-state index in [1.165, 1.54) is 16.0 Å². The van der Waals surface area contributed by atoms with Crippen molar-refractivity contribution in [3.63, 3.8) is 0 Å². The highest BCUT2D eigenvalue weighted by molar-refractivity contribution is 7.10. The van der Waals surface area contributed by atoms with E-state index in [2.05, 4.69) is 24.4 Å². The van der Waals surface area contributed by atoms with Gasteiger partial charge in [-0.2, -0.15) is 0 Å². The van der Waals surface area contributed by atoms with Gasteiger partial charge in [0.25, 0.3) is 0 Å². The van der Waals surface area contributed by atoms with Crippen LogP contribution in [-0.2, 0) is 16.0 Å². The van der Waals surface area contributed by atoms with E-state index in [1.807, 2.05) is 44.7 Å². The maximum Gasteiger partial charge on any atom is 0.242 e. The van der Waals surface area contributed by atoms with Crippen LogP contribution in [0.5, 0.6) is 5.75 Å². The van der Waals surface area contributed by atoms with Gasteiger partial charge in [-0.1, -0.05) is 31.5 Å². The molecular weight excluding hydrogens is 408 g/mol. The third-order valence-corrected chi connectivity index (χ3v) is 6.78. The van der Waals surface area contributed by atoms with E-state index in [0.29, 0.717) is 26.1 Å². The second kappa shape index (κ2) is 10.3. The van der Waals surface area contributed by atoms with Gasteiger partial charge < -0.3 is 14.5 Å². The van der Waals surface area contributed by atoms with Gasteiger partial charge in [-0.05, 0) is 61.7 Å². The van der Waals surface area contributed by atoms with Gasteiger partial charge in [-0.15, -0.1) is 11.3 Å². The highest BCUT2D eigenvalue weighted by Gasteiger charge is 2.33. The number of amides is 2. The summed E-state index contributed by atoms with van der Waals surface area (Å²) >= 11 is 1.74. The fraction of sp³-hybridized carbons (Fsp3) is 0.520. The first-order chi connectivity index (χ1) is 14.8. The number of hydrogen-bond donors (Lipinski definition) is 0. The van der Waals surface area contributed by atoms with Crippen molar-refractivity contribution >= 4 is 23.2 Å². The molecule has 0 bridgehead atoms. The lowest BCUT2D eigenvalue weighted by Crippen LogP contribution is -2.47. The molecule has 0 fully saturated rings. The number of aryl methyl sites for hydroxylation is 2. The second-order valence-electron chi connectivity index (χ2n) is 8.74. The molecule has 3 rings (SSSR count). The van der Waals surface area contributed by atoms with Gasteiger partial charge in [-0.3, -0.25) is 9.59 Å². The Hall–Kier alpha value is -2.34. The van der Waals surface area contributed by atoms with Crippen LogP contribution in [0, 0.1) is 19.8 Å². The number of thiophene rings is 1. The Morgan fingerprint density at radius 2 is 2.03 bits per heavy atom. The average molecular weight is 443 g/mol. The number of rotatable bonds is 8. The molecule has 0 saturated heterocycles. The van der Waals surface area contributed by atoms with Crippen LogP contribution in [0.1, 0.15) is 54.8 Å². The van der Waals surface area contributed by atoms with Crippen molar-refractivity contribution in [2.24, 2.45) is 5.92 Å². The summed E-state index contributed by atoms with van der Waals surface area (Å²) in [6.07, 6.45) is 1.32. The molecule has 0 aliphatic carbocycles. The molecule has 1 aliphatic heterocycles. The minimum absolute atomic E-state index is 0.00923.